The molecule has 26 heavy (non-hydrogen) atoms. The average Bonchev–Trinajstić information content (AvgIpc) is 2.51. The molecule has 0 aliphatic carbocycles. The molecule has 0 rings (SSSR count). The molecule has 0 fully saturated rings. The zero-order valence-corrected chi connectivity index (χ0v) is 16.0. The fraction of sp³-hybridized carbons (Fsp3) is 0.706. The van der Waals surface area contributed by atoms with Crippen LogP contribution in [0.4, 0.5) is 0 Å². The number of nitrogens with one attached hydrogen (secondary N) is 3. The van der Waals surface area contributed by atoms with Crippen LogP contribution in [-0.4, -0.2) is 48.0 Å². The fourth-order valence-corrected chi connectivity index (χ4v) is 2.28. The van der Waals surface area contributed by atoms with Crippen molar-refractivity contribution in [2.75, 3.05) is 0 Å². The first-order chi connectivity index (χ1) is 12.0. The Balaban J connectivity index is 5.24. The number of carbonyl (C=O) groups excluding carboxylic acids is 5. The third kappa shape index (κ3) is 8.59. The van der Waals surface area contributed by atoms with E-state index in [1.165, 1.54) is 6.92 Å². The van der Waals surface area contributed by atoms with E-state index < -0.39 is 42.3 Å². The fourth-order valence-electron chi connectivity index (χ4n) is 2.28. The van der Waals surface area contributed by atoms with Crippen molar-refractivity contribution < 1.29 is 24.0 Å². The first kappa shape index (κ1) is 23.5. The van der Waals surface area contributed by atoms with E-state index in [1.54, 1.807) is 13.8 Å². The van der Waals surface area contributed by atoms with Gasteiger partial charge in [0.2, 0.25) is 24.1 Å². The molecule has 3 atom stereocenters. The summed E-state index contributed by atoms with van der Waals surface area (Å²) < 4.78 is 0. The van der Waals surface area contributed by atoms with E-state index in [1.807, 2.05) is 13.8 Å². The van der Waals surface area contributed by atoms with Gasteiger partial charge in [0, 0.05) is 5.92 Å². The summed E-state index contributed by atoms with van der Waals surface area (Å²) >= 11 is 0. The summed E-state index contributed by atoms with van der Waals surface area (Å²) in [5.41, 5.74) is 5.15. The molecular weight excluding hydrogens is 340 g/mol. The van der Waals surface area contributed by atoms with Gasteiger partial charge in [-0.05, 0) is 19.3 Å². The largest absolute Gasteiger partial charge is 0.370 e. The van der Waals surface area contributed by atoms with Crippen LogP contribution in [0.1, 0.15) is 47.5 Å². The van der Waals surface area contributed by atoms with Crippen LogP contribution in [-0.2, 0) is 24.0 Å². The Morgan fingerprint density at radius 3 is 1.88 bits per heavy atom. The van der Waals surface area contributed by atoms with Crippen molar-refractivity contribution >= 4 is 29.9 Å². The zero-order chi connectivity index (χ0) is 20.4. The first-order valence-electron chi connectivity index (χ1n) is 8.62. The van der Waals surface area contributed by atoms with Gasteiger partial charge in [0.1, 0.15) is 12.1 Å². The summed E-state index contributed by atoms with van der Waals surface area (Å²) in [6.45, 7) is 8.73. The van der Waals surface area contributed by atoms with Gasteiger partial charge in [0.05, 0.1) is 12.5 Å². The van der Waals surface area contributed by atoms with Crippen LogP contribution in [0.2, 0.25) is 0 Å². The number of nitrogens with two attached hydrogens (primary N) is 1. The Kier molecular flexibility index (Phi) is 10.2. The summed E-state index contributed by atoms with van der Waals surface area (Å²) in [5.74, 6) is -2.35. The number of hydrogen-bond donors (Lipinski definition) is 4. The predicted molar refractivity (Wildman–Crippen MR) is 95.6 cm³/mol. The predicted octanol–water partition coefficient (Wildman–Crippen LogP) is -0.763. The van der Waals surface area contributed by atoms with Crippen LogP contribution >= 0.6 is 0 Å². The Morgan fingerprint density at radius 2 is 1.46 bits per heavy atom. The normalized spacial score (nSPS) is 14.3. The van der Waals surface area contributed by atoms with Crippen LogP contribution in [0.15, 0.2) is 0 Å². The number of amides is 4. The van der Waals surface area contributed by atoms with Gasteiger partial charge >= 0.3 is 0 Å². The van der Waals surface area contributed by atoms with E-state index in [0.29, 0.717) is 12.8 Å². The van der Waals surface area contributed by atoms with Gasteiger partial charge in [0.25, 0.3) is 0 Å². The van der Waals surface area contributed by atoms with Crippen LogP contribution in [0.3, 0.4) is 0 Å². The Labute approximate surface area is 153 Å². The summed E-state index contributed by atoms with van der Waals surface area (Å²) in [6, 6.07) is -2.84. The van der Waals surface area contributed by atoms with Crippen molar-refractivity contribution in [1.82, 2.24) is 16.0 Å². The van der Waals surface area contributed by atoms with Crippen molar-refractivity contribution in [3.8, 4) is 0 Å². The molecule has 4 amide bonds. The second kappa shape index (κ2) is 11.2. The number of Topliss-reactive ketones (excluding diaryl/α,β-unsaturated/α-hetero) is 1. The Morgan fingerprint density at radius 1 is 0.923 bits per heavy atom. The van der Waals surface area contributed by atoms with Gasteiger partial charge < -0.3 is 21.7 Å². The van der Waals surface area contributed by atoms with Crippen LogP contribution in [0, 0.1) is 11.8 Å². The number of rotatable bonds is 12. The quantitative estimate of drug-likeness (QED) is 0.333. The summed E-state index contributed by atoms with van der Waals surface area (Å²) in [5, 5.41) is 7.23. The van der Waals surface area contributed by atoms with Gasteiger partial charge in [0.15, 0.2) is 5.78 Å². The molecule has 0 heterocycles. The van der Waals surface area contributed by atoms with E-state index in [2.05, 4.69) is 16.0 Å². The summed E-state index contributed by atoms with van der Waals surface area (Å²) in [4.78, 5) is 58.5. The van der Waals surface area contributed by atoms with E-state index >= 15 is 0 Å². The molecule has 9 heteroatoms. The van der Waals surface area contributed by atoms with Crippen molar-refractivity contribution in [2.24, 2.45) is 17.6 Å². The molecule has 3 unspecified atom stereocenters. The summed E-state index contributed by atoms with van der Waals surface area (Å²) in [6.07, 6.45) is 0.367. The van der Waals surface area contributed by atoms with E-state index in [9.17, 15) is 24.0 Å². The SMILES string of the molecule is CC(C)CC(NC(=O)C(CC(N)=O)NC(=O)C(C)NC=O)C(=O)C(C)C. The minimum absolute atomic E-state index is 0.132. The van der Waals surface area contributed by atoms with Crippen molar-refractivity contribution in [3.63, 3.8) is 0 Å². The van der Waals surface area contributed by atoms with Gasteiger partial charge in [-0.25, -0.2) is 0 Å². The zero-order valence-electron chi connectivity index (χ0n) is 16.0. The molecule has 5 N–H and O–H groups in total. The molecule has 9 nitrogen and oxygen atoms in total. The van der Waals surface area contributed by atoms with E-state index in [0.717, 1.165) is 0 Å². The molecule has 0 saturated heterocycles. The first-order valence-corrected chi connectivity index (χ1v) is 8.62. The van der Waals surface area contributed by atoms with Gasteiger partial charge in [-0.2, -0.15) is 0 Å². The molecule has 0 aliphatic heterocycles. The lowest BCUT2D eigenvalue weighted by molar-refractivity contribution is -0.134. The number of primary amides is 1. The van der Waals surface area contributed by atoms with Crippen LogP contribution in [0.5, 0.6) is 0 Å². The molecule has 148 valence electrons. The van der Waals surface area contributed by atoms with Crippen LogP contribution < -0.4 is 21.7 Å². The molecule has 0 spiro atoms. The highest BCUT2D eigenvalue weighted by Gasteiger charge is 2.30. The van der Waals surface area contributed by atoms with E-state index in [-0.39, 0.29) is 17.6 Å². The second-order valence-electron chi connectivity index (χ2n) is 6.99. The minimum Gasteiger partial charge on any atom is -0.370 e. The number of ketones is 1. The van der Waals surface area contributed by atoms with Crippen LogP contribution in [0.25, 0.3) is 0 Å². The van der Waals surface area contributed by atoms with Crippen molar-refractivity contribution in [2.45, 2.75) is 65.6 Å². The number of carbonyl (C=O) groups is 5. The highest BCUT2D eigenvalue weighted by Crippen LogP contribution is 2.11. The highest BCUT2D eigenvalue weighted by atomic mass is 16.2. The molecule has 0 aromatic carbocycles. The standard InChI is InChI=1S/C17H30N4O5/c1-9(2)6-12(15(24)10(3)4)20-17(26)13(7-14(18)23)21-16(25)11(5)19-8-22/h8-13H,6-7H2,1-5H3,(H2,18,23)(H,19,22)(H,20,26)(H,21,25). The molecule has 0 aromatic rings. The Bertz CT molecular complexity index is 533. The maximum absolute atomic E-state index is 12.5. The minimum atomic E-state index is -1.23. The second-order valence-corrected chi connectivity index (χ2v) is 6.99. The van der Waals surface area contributed by atoms with Crippen molar-refractivity contribution in [1.29, 1.82) is 0 Å². The maximum atomic E-state index is 12.5. The number of hydrogen-bond acceptors (Lipinski definition) is 5. The lowest BCUT2D eigenvalue weighted by atomic mass is 9.94. The van der Waals surface area contributed by atoms with E-state index in [4.69, 9.17) is 5.73 Å². The monoisotopic (exact) mass is 370 g/mol. The summed E-state index contributed by atoms with van der Waals surface area (Å²) in [7, 11) is 0. The lowest BCUT2D eigenvalue weighted by Crippen LogP contribution is -2.56. The highest BCUT2D eigenvalue weighted by molar-refractivity contribution is 5.96. The molecule has 0 radical (unpaired) electrons. The lowest BCUT2D eigenvalue weighted by Gasteiger charge is -2.25. The van der Waals surface area contributed by atoms with Gasteiger partial charge in [-0.3, -0.25) is 24.0 Å². The topological polar surface area (TPSA) is 147 Å². The van der Waals surface area contributed by atoms with Crippen molar-refractivity contribution in [3.05, 3.63) is 0 Å². The Hall–Kier alpha value is -2.45. The molecule has 0 aromatic heterocycles. The average molecular weight is 370 g/mol. The molecular formula is C17H30N4O5. The van der Waals surface area contributed by atoms with Gasteiger partial charge in [-0.15, -0.1) is 0 Å². The third-order valence-corrected chi connectivity index (χ3v) is 3.69. The maximum Gasteiger partial charge on any atom is 0.243 e. The third-order valence-electron chi connectivity index (χ3n) is 3.69. The van der Waals surface area contributed by atoms with Gasteiger partial charge in [-0.1, -0.05) is 27.7 Å². The molecule has 0 aliphatic rings. The molecule has 0 bridgehead atoms. The smallest absolute Gasteiger partial charge is 0.243 e. The molecule has 0 saturated carbocycles.